The molecule has 0 saturated heterocycles. The molecule has 0 radical (unpaired) electrons. The van der Waals surface area contributed by atoms with Crippen LogP contribution in [-0.4, -0.2) is 34.1 Å². The highest BCUT2D eigenvalue weighted by atomic mass is 16.5. The van der Waals surface area contributed by atoms with Crippen molar-refractivity contribution in [2.75, 3.05) is 0 Å². The Hall–Kier alpha value is -2.42. The van der Waals surface area contributed by atoms with E-state index >= 15 is 0 Å². The number of primary amides is 2. The van der Waals surface area contributed by atoms with Crippen molar-refractivity contribution >= 4 is 17.8 Å². The summed E-state index contributed by atoms with van der Waals surface area (Å²) in [6.07, 6.45) is 0.975. The third-order valence-corrected chi connectivity index (χ3v) is 2.07. The summed E-state index contributed by atoms with van der Waals surface area (Å²) in [5, 5.41) is 11.4. The van der Waals surface area contributed by atoms with E-state index in [1.54, 1.807) is 13.8 Å². The Morgan fingerprint density at radius 3 is 2.00 bits per heavy atom. The molecule has 0 fully saturated rings. The molecule has 1 aromatic heterocycles. The van der Waals surface area contributed by atoms with Crippen LogP contribution < -0.4 is 17.2 Å². The van der Waals surface area contributed by atoms with Crippen LogP contribution >= 0.6 is 0 Å². The number of hydrogen-bond donors (Lipinski definition) is 4. The molecule has 1 aromatic rings. The average Bonchev–Trinajstić information content (AvgIpc) is 2.77. The van der Waals surface area contributed by atoms with Gasteiger partial charge < -0.3 is 26.8 Å². The van der Waals surface area contributed by atoms with Gasteiger partial charge in [-0.2, -0.15) is 0 Å². The largest absolute Gasteiger partial charge is 0.480 e. The number of rotatable bonds is 4. The zero-order valence-electron chi connectivity index (χ0n) is 10.5. The van der Waals surface area contributed by atoms with Crippen LogP contribution in [0.4, 0.5) is 0 Å². The number of amides is 2. The van der Waals surface area contributed by atoms with E-state index in [1.807, 2.05) is 0 Å². The van der Waals surface area contributed by atoms with Gasteiger partial charge >= 0.3 is 5.97 Å². The molecule has 2 amide bonds. The molecule has 0 aliphatic carbocycles. The summed E-state index contributed by atoms with van der Waals surface area (Å²) in [4.78, 5) is 31.0. The summed E-state index contributed by atoms with van der Waals surface area (Å²) in [6.45, 7) is 3.55. The van der Waals surface area contributed by atoms with Gasteiger partial charge in [0.1, 0.15) is 17.9 Å². The van der Waals surface area contributed by atoms with E-state index in [4.69, 9.17) is 22.3 Å². The van der Waals surface area contributed by atoms with E-state index in [9.17, 15) is 14.4 Å². The summed E-state index contributed by atoms with van der Waals surface area (Å²) in [6, 6.07) is -0.713. The van der Waals surface area contributed by atoms with Crippen molar-refractivity contribution in [3.63, 3.8) is 0 Å². The van der Waals surface area contributed by atoms with Crippen molar-refractivity contribution in [2.45, 2.75) is 19.9 Å². The van der Waals surface area contributed by atoms with Crippen LogP contribution in [-0.2, 0) is 4.79 Å². The molecule has 1 heterocycles. The molecular weight excluding hydrogens is 256 g/mol. The maximum atomic E-state index is 10.5. The van der Waals surface area contributed by atoms with Crippen LogP contribution in [0.25, 0.3) is 0 Å². The number of nitrogens with zero attached hydrogens (tertiary/aromatic N) is 1. The Bertz CT molecular complexity index is 440. The van der Waals surface area contributed by atoms with Crippen LogP contribution in [0.1, 0.15) is 34.7 Å². The van der Waals surface area contributed by atoms with Crippen molar-refractivity contribution in [1.82, 2.24) is 5.16 Å². The highest BCUT2D eigenvalue weighted by Crippen LogP contribution is 2.03. The fourth-order valence-electron chi connectivity index (χ4n) is 0.874. The third-order valence-electron chi connectivity index (χ3n) is 2.07. The number of carboxylic acid groups (broad SMARTS) is 1. The van der Waals surface area contributed by atoms with Crippen LogP contribution in [0.5, 0.6) is 0 Å². The Labute approximate surface area is 108 Å². The quantitative estimate of drug-likeness (QED) is 0.539. The molecule has 1 atom stereocenters. The lowest BCUT2D eigenvalue weighted by Crippen LogP contribution is -2.34. The van der Waals surface area contributed by atoms with E-state index in [1.165, 1.54) is 0 Å². The second kappa shape index (κ2) is 7.11. The lowest BCUT2D eigenvalue weighted by molar-refractivity contribution is -0.139. The second-order valence-corrected chi connectivity index (χ2v) is 3.91. The van der Waals surface area contributed by atoms with E-state index in [0.717, 1.165) is 6.26 Å². The molecule has 1 rings (SSSR count). The summed E-state index contributed by atoms with van der Waals surface area (Å²) in [5.74, 6) is -2.54. The molecule has 0 aliphatic rings. The van der Waals surface area contributed by atoms with Gasteiger partial charge in [-0.3, -0.25) is 14.4 Å². The van der Waals surface area contributed by atoms with Crippen molar-refractivity contribution < 1.29 is 24.0 Å². The fraction of sp³-hybridized carbons (Fsp3) is 0.400. The fourth-order valence-corrected chi connectivity index (χ4v) is 0.874. The maximum Gasteiger partial charge on any atom is 0.320 e. The van der Waals surface area contributed by atoms with E-state index < -0.39 is 23.8 Å². The number of aliphatic carboxylic acids is 1. The first-order valence-electron chi connectivity index (χ1n) is 5.20. The van der Waals surface area contributed by atoms with E-state index in [0.29, 0.717) is 0 Å². The number of nitrogens with two attached hydrogens (primary N) is 3. The summed E-state index contributed by atoms with van der Waals surface area (Å²) in [7, 11) is 0. The molecule has 9 heteroatoms. The number of hydrogen-bond acceptors (Lipinski definition) is 6. The summed E-state index contributed by atoms with van der Waals surface area (Å²) in [5.41, 5.74) is 14.5. The topological polar surface area (TPSA) is 176 Å². The number of carbonyl (C=O) groups is 3. The van der Waals surface area contributed by atoms with Crippen molar-refractivity contribution in [3.05, 3.63) is 17.5 Å². The molecule has 9 nitrogen and oxygen atoms in total. The van der Waals surface area contributed by atoms with Gasteiger partial charge in [-0.05, 0) is 5.92 Å². The normalized spacial score (nSPS) is 11.4. The molecule has 19 heavy (non-hydrogen) atoms. The molecule has 0 saturated carbocycles. The van der Waals surface area contributed by atoms with Crippen molar-refractivity contribution in [2.24, 2.45) is 23.1 Å². The molecule has 0 aromatic carbocycles. The SMILES string of the molecule is CC(C)[C@H](N)C(=O)O.NC(=O)c1conc1C(N)=O. The summed E-state index contributed by atoms with van der Waals surface area (Å²) >= 11 is 0. The lowest BCUT2D eigenvalue weighted by Gasteiger charge is -2.07. The van der Waals surface area contributed by atoms with Gasteiger partial charge in [-0.15, -0.1) is 0 Å². The first-order valence-corrected chi connectivity index (χ1v) is 5.20. The van der Waals surface area contributed by atoms with E-state index in [-0.39, 0.29) is 17.2 Å². The van der Waals surface area contributed by atoms with E-state index in [2.05, 4.69) is 9.68 Å². The minimum Gasteiger partial charge on any atom is -0.480 e. The Morgan fingerprint density at radius 2 is 1.79 bits per heavy atom. The predicted molar refractivity (Wildman–Crippen MR) is 64.0 cm³/mol. The third kappa shape index (κ3) is 5.17. The lowest BCUT2D eigenvalue weighted by atomic mass is 10.1. The van der Waals surface area contributed by atoms with Crippen LogP contribution in [0.3, 0.4) is 0 Å². The molecule has 0 unspecified atom stereocenters. The van der Waals surface area contributed by atoms with Crippen LogP contribution in [0, 0.1) is 5.92 Å². The maximum absolute atomic E-state index is 10.5. The minimum atomic E-state index is -0.931. The number of aromatic nitrogens is 1. The van der Waals surface area contributed by atoms with Gasteiger partial charge in [-0.1, -0.05) is 19.0 Å². The first kappa shape index (κ1) is 16.6. The molecule has 0 spiro atoms. The summed E-state index contributed by atoms with van der Waals surface area (Å²) < 4.78 is 4.32. The zero-order chi connectivity index (χ0) is 15.2. The standard InChI is InChI=1S/C5H5N3O3.C5H11NO2/c6-4(9)2-1-11-8-3(2)5(7)10;1-3(2)4(6)5(7)8/h1H,(H2,6,9)(H2,7,10);3-4H,6H2,1-2H3,(H,7,8)/t;4-/m.0/s1. The Balaban J connectivity index is 0.000000362. The van der Waals surface area contributed by atoms with Gasteiger partial charge in [0.05, 0.1) is 0 Å². The number of carboxylic acids is 1. The van der Waals surface area contributed by atoms with Gasteiger partial charge in [0.25, 0.3) is 11.8 Å². The van der Waals surface area contributed by atoms with Gasteiger partial charge in [0.15, 0.2) is 5.69 Å². The molecule has 106 valence electrons. The smallest absolute Gasteiger partial charge is 0.320 e. The molecule has 0 bridgehead atoms. The molecule has 0 aliphatic heterocycles. The van der Waals surface area contributed by atoms with Crippen molar-refractivity contribution in [3.8, 4) is 0 Å². The monoisotopic (exact) mass is 272 g/mol. The Morgan fingerprint density at radius 1 is 1.26 bits per heavy atom. The van der Waals surface area contributed by atoms with Gasteiger partial charge in [0.2, 0.25) is 0 Å². The van der Waals surface area contributed by atoms with Crippen molar-refractivity contribution in [1.29, 1.82) is 0 Å². The first-order chi connectivity index (χ1) is 8.68. The number of carbonyl (C=O) groups excluding carboxylic acids is 2. The zero-order valence-corrected chi connectivity index (χ0v) is 10.5. The highest BCUT2D eigenvalue weighted by molar-refractivity contribution is 6.04. The minimum absolute atomic E-state index is 0.0208. The molecular formula is C10H16N4O5. The van der Waals surface area contributed by atoms with Gasteiger partial charge in [-0.25, -0.2) is 0 Å². The van der Waals surface area contributed by atoms with Crippen LogP contribution in [0.2, 0.25) is 0 Å². The average molecular weight is 272 g/mol. The predicted octanol–water partition coefficient (Wildman–Crippen LogP) is -1.07. The van der Waals surface area contributed by atoms with Crippen LogP contribution in [0.15, 0.2) is 10.8 Å². The highest BCUT2D eigenvalue weighted by Gasteiger charge is 2.16. The van der Waals surface area contributed by atoms with Gasteiger partial charge in [0, 0.05) is 0 Å². The second-order valence-electron chi connectivity index (χ2n) is 3.91. The Kier molecular flexibility index (Phi) is 6.21. The molecule has 7 N–H and O–H groups in total.